The van der Waals surface area contributed by atoms with Gasteiger partial charge in [-0.15, -0.1) is 0 Å². The second kappa shape index (κ2) is 4.70. The number of aromatic nitrogens is 2. The first-order valence-corrected chi connectivity index (χ1v) is 5.85. The monoisotopic (exact) mass is 227 g/mol. The number of nitrogens with two attached hydrogens (primary N) is 1. The van der Waals surface area contributed by atoms with Crippen LogP contribution >= 0.6 is 11.8 Å². The summed E-state index contributed by atoms with van der Waals surface area (Å²) in [5.41, 5.74) is 6.18. The molecular weight excluding hydrogens is 210 g/mol. The van der Waals surface area contributed by atoms with Crippen LogP contribution in [0.1, 0.15) is 44.2 Å². The molecule has 0 saturated carbocycles. The molecule has 5 heteroatoms. The van der Waals surface area contributed by atoms with Gasteiger partial charge in [-0.3, -0.25) is 9.48 Å². The quantitative estimate of drug-likeness (QED) is 0.861. The molecule has 4 nitrogen and oxygen atoms in total. The zero-order chi connectivity index (χ0) is 11.6. The van der Waals surface area contributed by atoms with Crippen molar-refractivity contribution in [2.24, 2.45) is 0 Å². The van der Waals surface area contributed by atoms with E-state index in [4.69, 9.17) is 5.73 Å². The van der Waals surface area contributed by atoms with Crippen LogP contribution in [0.4, 0.5) is 5.82 Å². The zero-order valence-corrected chi connectivity index (χ0v) is 10.3. The maximum atomic E-state index is 11.8. The fourth-order valence-corrected chi connectivity index (χ4v) is 1.94. The van der Waals surface area contributed by atoms with Gasteiger partial charge in [0.1, 0.15) is 11.5 Å². The van der Waals surface area contributed by atoms with Gasteiger partial charge in [0.15, 0.2) is 0 Å². The van der Waals surface area contributed by atoms with E-state index in [2.05, 4.69) is 5.10 Å². The van der Waals surface area contributed by atoms with E-state index >= 15 is 0 Å². The summed E-state index contributed by atoms with van der Waals surface area (Å²) < 4.78 is 1.67. The topological polar surface area (TPSA) is 60.9 Å². The number of rotatable bonds is 3. The van der Waals surface area contributed by atoms with Crippen LogP contribution in [0.2, 0.25) is 0 Å². The van der Waals surface area contributed by atoms with Crippen molar-refractivity contribution >= 4 is 22.7 Å². The van der Waals surface area contributed by atoms with Gasteiger partial charge in [0.2, 0.25) is 5.12 Å². The molecular formula is C10H17N3OS. The van der Waals surface area contributed by atoms with Gasteiger partial charge in [0.25, 0.3) is 0 Å². The smallest absolute Gasteiger partial charge is 0.237 e. The Labute approximate surface area is 94.2 Å². The Bertz CT molecular complexity index is 358. The van der Waals surface area contributed by atoms with E-state index in [1.54, 1.807) is 10.7 Å². The van der Waals surface area contributed by atoms with E-state index in [1.807, 2.05) is 27.7 Å². The van der Waals surface area contributed by atoms with Crippen molar-refractivity contribution in [1.82, 2.24) is 9.78 Å². The van der Waals surface area contributed by atoms with Gasteiger partial charge in [0, 0.05) is 17.4 Å². The van der Waals surface area contributed by atoms with E-state index in [9.17, 15) is 4.79 Å². The van der Waals surface area contributed by atoms with Gasteiger partial charge < -0.3 is 5.73 Å². The fourth-order valence-electron chi connectivity index (χ4n) is 1.23. The maximum Gasteiger partial charge on any atom is 0.237 e. The van der Waals surface area contributed by atoms with Crippen LogP contribution in [0.15, 0.2) is 6.07 Å². The lowest BCUT2D eigenvalue weighted by atomic mass is 10.3. The van der Waals surface area contributed by atoms with Gasteiger partial charge in [-0.2, -0.15) is 5.10 Å². The molecule has 1 aromatic rings. The average Bonchev–Trinajstić information content (AvgIpc) is 2.46. The number of hydrogen-bond donors (Lipinski definition) is 1. The first-order valence-electron chi connectivity index (χ1n) is 4.97. The Morgan fingerprint density at radius 1 is 1.47 bits per heavy atom. The highest BCUT2D eigenvalue weighted by atomic mass is 32.2. The van der Waals surface area contributed by atoms with Gasteiger partial charge in [0.05, 0.1) is 0 Å². The molecule has 2 N–H and O–H groups in total. The zero-order valence-electron chi connectivity index (χ0n) is 9.52. The summed E-state index contributed by atoms with van der Waals surface area (Å²) in [5, 5.41) is 4.40. The molecule has 1 rings (SSSR count). The van der Waals surface area contributed by atoms with Crippen molar-refractivity contribution in [3.05, 3.63) is 11.8 Å². The molecule has 0 aliphatic rings. The van der Waals surface area contributed by atoms with Crippen LogP contribution in [0.3, 0.4) is 0 Å². The minimum Gasteiger partial charge on any atom is -0.382 e. The first-order chi connectivity index (χ1) is 6.91. The number of nitrogens with zero attached hydrogens (tertiary/aromatic N) is 2. The first kappa shape index (κ1) is 12.1. The Kier molecular flexibility index (Phi) is 3.79. The summed E-state index contributed by atoms with van der Waals surface area (Å²) in [6, 6.07) is 1.78. The summed E-state index contributed by atoms with van der Waals surface area (Å²) in [4.78, 5) is 11.8. The van der Waals surface area contributed by atoms with E-state index in [0.717, 1.165) is 0 Å². The molecule has 15 heavy (non-hydrogen) atoms. The second-order valence-electron chi connectivity index (χ2n) is 3.95. The van der Waals surface area contributed by atoms with Crippen LogP contribution in [-0.2, 0) is 0 Å². The lowest BCUT2D eigenvalue weighted by Gasteiger charge is -2.10. The second-order valence-corrected chi connectivity index (χ2v) is 5.50. The highest BCUT2D eigenvalue weighted by molar-refractivity contribution is 8.14. The van der Waals surface area contributed by atoms with Gasteiger partial charge in [-0.1, -0.05) is 25.6 Å². The summed E-state index contributed by atoms with van der Waals surface area (Å²) >= 11 is 1.30. The lowest BCUT2D eigenvalue weighted by Crippen LogP contribution is -2.11. The van der Waals surface area contributed by atoms with Crippen molar-refractivity contribution in [1.29, 1.82) is 0 Å². The minimum atomic E-state index is 0.0305. The molecule has 1 heterocycles. The number of hydrogen-bond acceptors (Lipinski definition) is 4. The molecule has 0 aromatic carbocycles. The Morgan fingerprint density at radius 3 is 2.53 bits per heavy atom. The van der Waals surface area contributed by atoms with Crippen molar-refractivity contribution in [3.8, 4) is 0 Å². The number of anilines is 1. The van der Waals surface area contributed by atoms with Gasteiger partial charge >= 0.3 is 0 Å². The van der Waals surface area contributed by atoms with E-state index in [0.29, 0.717) is 11.5 Å². The van der Waals surface area contributed by atoms with Crippen LogP contribution in [0.25, 0.3) is 0 Å². The standard InChI is InChI=1S/C10H17N3OS/c1-6(2)13-8(5-9(11)12-13)10(14)15-7(3)4/h5-7H,1-4H3,(H2,11,12). The molecule has 0 atom stereocenters. The Morgan fingerprint density at radius 2 is 2.07 bits per heavy atom. The van der Waals surface area contributed by atoms with Gasteiger partial charge in [-0.25, -0.2) is 0 Å². The average molecular weight is 227 g/mol. The molecule has 1 aromatic heterocycles. The normalized spacial score (nSPS) is 11.3. The SMILES string of the molecule is CC(C)SC(=O)c1cc(N)nn1C(C)C. The van der Waals surface area contributed by atoms with Crippen LogP contribution < -0.4 is 5.73 Å². The maximum absolute atomic E-state index is 11.8. The third kappa shape index (κ3) is 2.99. The highest BCUT2D eigenvalue weighted by Gasteiger charge is 2.17. The molecule has 0 unspecified atom stereocenters. The molecule has 0 saturated heterocycles. The number of nitrogen functional groups attached to an aromatic ring is 1. The largest absolute Gasteiger partial charge is 0.382 e. The van der Waals surface area contributed by atoms with Crippen LogP contribution in [0.5, 0.6) is 0 Å². The van der Waals surface area contributed by atoms with Crippen LogP contribution in [-0.4, -0.2) is 20.1 Å². The van der Waals surface area contributed by atoms with Crippen LogP contribution in [0, 0.1) is 0 Å². The molecule has 0 radical (unpaired) electrons. The predicted molar refractivity (Wildman–Crippen MR) is 64.1 cm³/mol. The predicted octanol–water partition coefficient (Wildman–Crippen LogP) is 2.33. The van der Waals surface area contributed by atoms with E-state index < -0.39 is 0 Å². The summed E-state index contributed by atoms with van der Waals surface area (Å²) in [5.74, 6) is 0.399. The number of carbonyl (C=O) groups excluding carboxylic acids is 1. The molecule has 0 fully saturated rings. The van der Waals surface area contributed by atoms with Crippen molar-refractivity contribution < 1.29 is 4.79 Å². The van der Waals surface area contributed by atoms with E-state index in [1.165, 1.54) is 11.8 Å². The summed E-state index contributed by atoms with van der Waals surface area (Å²) in [7, 11) is 0. The molecule has 84 valence electrons. The minimum absolute atomic E-state index is 0.0305. The fraction of sp³-hybridized carbons (Fsp3) is 0.600. The number of thioether (sulfide) groups is 1. The molecule has 0 spiro atoms. The van der Waals surface area contributed by atoms with Crippen molar-refractivity contribution in [2.45, 2.75) is 39.0 Å². The highest BCUT2D eigenvalue weighted by Crippen LogP contribution is 2.21. The van der Waals surface area contributed by atoms with Crippen molar-refractivity contribution in [3.63, 3.8) is 0 Å². The molecule has 0 aliphatic heterocycles. The lowest BCUT2D eigenvalue weighted by molar-refractivity contribution is 0.107. The number of carbonyl (C=O) groups is 1. The Hall–Kier alpha value is -0.970. The van der Waals surface area contributed by atoms with Crippen molar-refractivity contribution in [2.75, 3.05) is 5.73 Å². The summed E-state index contributed by atoms with van der Waals surface area (Å²) in [6.07, 6.45) is 0. The summed E-state index contributed by atoms with van der Waals surface area (Å²) in [6.45, 7) is 7.93. The molecule has 0 bridgehead atoms. The molecule has 0 amide bonds. The van der Waals surface area contributed by atoms with E-state index in [-0.39, 0.29) is 16.4 Å². The van der Waals surface area contributed by atoms with Gasteiger partial charge in [-0.05, 0) is 13.8 Å². The third-order valence-electron chi connectivity index (χ3n) is 1.80. The third-order valence-corrected chi connectivity index (χ3v) is 2.69. The Balaban J connectivity index is 2.97. The molecule has 0 aliphatic carbocycles.